The van der Waals surface area contributed by atoms with E-state index in [1.807, 2.05) is 60.7 Å². The number of carbonyl (C=O) groups is 1. The van der Waals surface area contributed by atoms with Crippen LogP contribution < -0.4 is 10.1 Å². The van der Waals surface area contributed by atoms with Crippen molar-refractivity contribution in [2.45, 2.75) is 12.8 Å². The highest BCUT2D eigenvalue weighted by molar-refractivity contribution is 6.04. The van der Waals surface area contributed by atoms with Crippen molar-refractivity contribution in [3.8, 4) is 5.75 Å². The molecule has 0 bridgehead atoms. The Morgan fingerprint density at radius 1 is 1.00 bits per heavy atom. The summed E-state index contributed by atoms with van der Waals surface area (Å²) in [6, 6.07) is 19.0. The minimum absolute atomic E-state index is 0.0837. The van der Waals surface area contributed by atoms with Gasteiger partial charge < -0.3 is 10.1 Å². The number of hydrogen-bond acceptors (Lipinski definition) is 2. The fraction of sp³-hybridized carbons (Fsp3) is 0.167. The van der Waals surface area contributed by atoms with E-state index in [2.05, 4.69) is 5.32 Å². The number of carbonyl (C=O) groups excluding carboxylic acids is 1. The molecular formula is C18H17NO2. The molecule has 1 N–H and O–H groups in total. The van der Waals surface area contributed by atoms with E-state index in [-0.39, 0.29) is 5.91 Å². The van der Waals surface area contributed by atoms with Crippen molar-refractivity contribution in [1.82, 2.24) is 0 Å². The summed E-state index contributed by atoms with van der Waals surface area (Å²) in [5.41, 5.74) is 1.51. The average molecular weight is 279 g/mol. The Morgan fingerprint density at radius 3 is 2.24 bits per heavy atom. The lowest BCUT2D eigenvalue weighted by Crippen LogP contribution is -2.16. The Bertz CT molecular complexity index is 631. The lowest BCUT2D eigenvalue weighted by Gasteiger charge is -2.08. The molecule has 0 atom stereocenters. The van der Waals surface area contributed by atoms with Crippen LogP contribution in [0.1, 0.15) is 12.8 Å². The van der Waals surface area contributed by atoms with Gasteiger partial charge in [0.1, 0.15) is 5.75 Å². The Morgan fingerprint density at radius 2 is 1.62 bits per heavy atom. The van der Waals surface area contributed by atoms with Gasteiger partial charge >= 0.3 is 0 Å². The second kappa shape index (κ2) is 6.27. The molecule has 1 aliphatic rings. The van der Waals surface area contributed by atoms with Gasteiger partial charge in [0.25, 0.3) is 5.91 Å². The van der Waals surface area contributed by atoms with E-state index in [0.29, 0.717) is 11.5 Å². The number of para-hydroxylation sites is 2. The van der Waals surface area contributed by atoms with Gasteiger partial charge in [-0.1, -0.05) is 36.4 Å². The molecule has 1 aliphatic carbocycles. The largest absolute Gasteiger partial charge is 0.465 e. The van der Waals surface area contributed by atoms with Gasteiger partial charge in [0.15, 0.2) is 0 Å². The van der Waals surface area contributed by atoms with Crippen LogP contribution >= 0.6 is 0 Å². The molecule has 3 nitrogen and oxygen atoms in total. The van der Waals surface area contributed by atoms with E-state index in [1.165, 1.54) is 0 Å². The van der Waals surface area contributed by atoms with Gasteiger partial charge in [-0.3, -0.25) is 4.79 Å². The predicted octanol–water partition coefficient (Wildman–Crippen LogP) is 4.00. The second-order valence-corrected chi connectivity index (χ2v) is 5.10. The SMILES string of the molecule is O=C(Nc1ccccc1)C(=COc1ccccc1)C1CC1. The van der Waals surface area contributed by atoms with Crippen LogP contribution in [-0.2, 0) is 4.79 Å². The molecular weight excluding hydrogens is 262 g/mol. The first-order valence-electron chi connectivity index (χ1n) is 7.11. The van der Waals surface area contributed by atoms with Crippen molar-refractivity contribution >= 4 is 11.6 Å². The highest BCUT2D eigenvalue weighted by atomic mass is 16.5. The van der Waals surface area contributed by atoms with Crippen molar-refractivity contribution in [2.24, 2.45) is 5.92 Å². The molecule has 1 fully saturated rings. The van der Waals surface area contributed by atoms with Gasteiger partial charge in [0.2, 0.25) is 0 Å². The van der Waals surface area contributed by atoms with Crippen LogP contribution in [0, 0.1) is 5.92 Å². The lowest BCUT2D eigenvalue weighted by molar-refractivity contribution is -0.113. The number of hydrogen-bond donors (Lipinski definition) is 1. The molecule has 0 unspecified atom stereocenters. The first-order chi connectivity index (χ1) is 10.3. The Labute approximate surface area is 124 Å². The molecule has 0 heterocycles. The molecule has 2 aromatic rings. The molecule has 3 rings (SSSR count). The fourth-order valence-corrected chi connectivity index (χ4v) is 2.08. The van der Waals surface area contributed by atoms with Gasteiger partial charge in [0, 0.05) is 5.69 Å². The standard InChI is InChI=1S/C18H17NO2/c20-18(19-15-7-3-1-4-8-15)17(14-11-12-14)13-21-16-9-5-2-6-10-16/h1-10,13-14H,11-12H2,(H,19,20). The second-order valence-electron chi connectivity index (χ2n) is 5.10. The van der Waals surface area contributed by atoms with Gasteiger partial charge in [-0.15, -0.1) is 0 Å². The lowest BCUT2D eigenvalue weighted by atomic mass is 10.1. The van der Waals surface area contributed by atoms with Crippen LogP contribution in [0.15, 0.2) is 72.5 Å². The molecule has 0 saturated heterocycles. The molecule has 21 heavy (non-hydrogen) atoms. The zero-order chi connectivity index (χ0) is 14.5. The highest BCUT2D eigenvalue weighted by Crippen LogP contribution is 2.37. The van der Waals surface area contributed by atoms with Crippen molar-refractivity contribution < 1.29 is 9.53 Å². The first kappa shape index (κ1) is 13.4. The van der Waals surface area contributed by atoms with E-state index in [9.17, 15) is 4.79 Å². The molecule has 0 spiro atoms. The smallest absolute Gasteiger partial charge is 0.254 e. The molecule has 1 saturated carbocycles. The summed E-state index contributed by atoms with van der Waals surface area (Å²) in [7, 11) is 0. The quantitative estimate of drug-likeness (QED) is 0.663. The van der Waals surface area contributed by atoms with Crippen LogP contribution in [0.4, 0.5) is 5.69 Å². The molecule has 3 heteroatoms. The van der Waals surface area contributed by atoms with Crippen molar-refractivity contribution in [3.63, 3.8) is 0 Å². The summed E-state index contributed by atoms with van der Waals surface area (Å²) in [4.78, 5) is 12.4. The third-order valence-electron chi connectivity index (χ3n) is 3.38. The van der Waals surface area contributed by atoms with Crippen molar-refractivity contribution in [3.05, 3.63) is 72.5 Å². The fourth-order valence-electron chi connectivity index (χ4n) is 2.08. The monoisotopic (exact) mass is 279 g/mol. The molecule has 106 valence electrons. The van der Waals surface area contributed by atoms with E-state index in [4.69, 9.17) is 4.74 Å². The van der Waals surface area contributed by atoms with Gasteiger partial charge in [0.05, 0.1) is 11.8 Å². The Hall–Kier alpha value is -2.55. The molecule has 0 aromatic heterocycles. The van der Waals surface area contributed by atoms with E-state index in [0.717, 1.165) is 24.3 Å². The number of amides is 1. The van der Waals surface area contributed by atoms with Crippen molar-refractivity contribution in [2.75, 3.05) is 5.32 Å². The van der Waals surface area contributed by atoms with Gasteiger partial charge in [-0.05, 0) is 43.0 Å². The minimum Gasteiger partial charge on any atom is -0.465 e. The van der Waals surface area contributed by atoms with Crippen LogP contribution in [0.3, 0.4) is 0 Å². The van der Waals surface area contributed by atoms with Crippen LogP contribution in [0.5, 0.6) is 5.75 Å². The first-order valence-corrected chi connectivity index (χ1v) is 7.11. The molecule has 2 aromatic carbocycles. The molecule has 1 amide bonds. The summed E-state index contributed by atoms with van der Waals surface area (Å²) in [5.74, 6) is 0.972. The maximum atomic E-state index is 12.4. The minimum atomic E-state index is -0.0837. The summed E-state index contributed by atoms with van der Waals surface area (Å²) >= 11 is 0. The maximum Gasteiger partial charge on any atom is 0.254 e. The number of ether oxygens (including phenoxy) is 1. The van der Waals surface area contributed by atoms with Crippen LogP contribution in [0.2, 0.25) is 0 Å². The summed E-state index contributed by atoms with van der Waals surface area (Å²) in [5, 5.41) is 2.91. The number of rotatable bonds is 5. The van der Waals surface area contributed by atoms with E-state index < -0.39 is 0 Å². The summed E-state index contributed by atoms with van der Waals surface area (Å²) in [6.07, 6.45) is 3.68. The topological polar surface area (TPSA) is 38.3 Å². The number of benzene rings is 2. The average Bonchev–Trinajstić information content (AvgIpc) is 3.34. The zero-order valence-corrected chi connectivity index (χ0v) is 11.7. The third kappa shape index (κ3) is 3.72. The summed E-state index contributed by atoms with van der Waals surface area (Å²) < 4.78 is 5.61. The van der Waals surface area contributed by atoms with Gasteiger partial charge in [-0.25, -0.2) is 0 Å². The predicted molar refractivity (Wildman–Crippen MR) is 82.9 cm³/mol. The Kier molecular flexibility index (Phi) is 4.01. The highest BCUT2D eigenvalue weighted by Gasteiger charge is 2.31. The zero-order valence-electron chi connectivity index (χ0n) is 11.7. The van der Waals surface area contributed by atoms with Gasteiger partial charge in [-0.2, -0.15) is 0 Å². The molecule has 0 radical (unpaired) electrons. The normalized spacial score (nSPS) is 14.6. The maximum absolute atomic E-state index is 12.4. The van der Waals surface area contributed by atoms with E-state index >= 15 is 0 Å². The van der Waals surface area contributed by atoms with Crippen molar-refractivity contribution in [1.29, 1.82) is 0 Å². The van der Waals surface area contributed by atoms with E-state index in [1.54, 1.807) is 6.26 Å². The number of nitrogens with one attached hydrogen (secondary N) is 1. The Balaban J connectivity index is 1.71. The third-order valence-corrected chi connectivity index (χ3v) is 3.38. The van der Waals surface area contributed by atoms with Crippen LogP contribution in [0.25, 0.3) is 0 Å². The summed E-state index contributed by atoms with van der Waals surface area (Å²) in [6.45, 7) is 0. The molecule has 0 aliphatic heterocycles. The number of anilines is 1. The van der Waals surface area contributed by atoms with Crippen LogP contribution in [-0.4, -0.2) is 5.91 Å².